The summed E-state index contributed by atoms with van der Waals surface area (Å²) in [7, 11) is 0. The van der Waals surface area contributed by atoms with E-state index < -0.39 is 0 Å². The first kappa shape index (κ1) is 16.1. The van der Waals surface area contributed by atoms with Gasteiger partial charge in [0.2, 0.25) is 21.1 Å². The summed E-state index contributed by atoms with van der Waals surface area (Å²) in [4.78, 5) is 2.57. The third kappa shape index (κ3) is 3.68. The van der Waals surface area contributed by atoms with E-state index >= 15 is 0 Å². The molecule has 1 aromatic heterocycles. The van der Waals surface area contributed by atoms with E-state index in [1.165, 1.54) is 15.8 Å². The molecule has 112 valence electrons. The van der Waals surface area contributed by atoms with Crippen molar-refractivity contribution in [3.8, 4) is 11.1 Å². The maximum Gasteiger partial charge on any atom is 0.219 e. The highest BCUT2D eigenvalue weighted by atomic mass is 32.1. The first-order valence-electron chi connectivity index (χ1n) is 7.33. The highest BCUT2D eigenvalue weighted by Crippen LogP contribution is 2.38. The van der Waals surface area contributed by atoms with Gasteiger partial charge < -0.3 is 0 Å². The van der Waals surface area contributed by atoms with Crippen molar-refractivity contribution in [2.45, 2.75) is 52.4 Å². The number of hydrogen-bond donors (Lipinski definition) is 0. The highest BCUT2D eigenvalue weighted by Gasteiger charge is 2.32. The minimum Gasteiger partial charge on any atom is -0.206 e. The van der Waals surface area contributed by atoms with Gasteiger partial charge in [-0.3, -0.25) is 0 Å². The monoisotopic (exact) mass is 303 g/mol. The number of hydrogen-bond acceptors (Lipinski definition) is 0. The summed E-state index contributed by atoms with van der Waals surface area (Å²) >= 11 is 1.83. The van der Waals surface area contributed by atoms with Crippen molar-refractivity contribution >= 4 is 11.3 Å². The first-order chi connectivity index (χ1) is 9.59. The molecule has 1 aromatic carbocycles. The Morgan fingerprint density at radius 3 is 1.71 bits per heavy atom. The molecule has 0 bridgehead atoms. The molecule has 0 saturated carbocycles. The lowest BCUT2D eigenvalue weighted by atomic mass is 9.90. The Balaban J connectivity index is 2.70. The van der Waals surface area contributed by atoms with E-state index in [-0.39, 0.29) is 16.6 Å². The van der Waals surface area contributed by atoms with Crippen molar-refractivity contribution in [1.82, 2.24) is 0 Å². The van der Waals surface area contributed by atoms with Crippen molar-refractivity contribution in [3.05, 3.63) is 52.0 Å². The van der Waals surface area contributed by atoms with Crippen molar-refractivity contribution in [2.75, 3.05) is 0 Å². The van der Waals surface area contributed by atoms with Crippen LogP contribution in [0, 0.1) is 5.82 Å². The van der Waals surface area contributed by atoms with Gasteiger partial charge in [-0.15, -0.1) is 0 Å². The van der Waals surface area contributed by atoms with Gasteiger partial charge in [-0.1, -0.05) is 59.7 Å². The second-order valence-electron chi connectivity index (χ2n) is 7.55. The van der Waals surface area contributed by atoms with Crippen LogP contribution in [0.5, 0.6) is 0 Å². The van der Waals surface area contributed by atoms with Crippen LogP contribution in [-0.4, -0.2) is 0 Å². The molecule has 1 heterocycles. The molecule has 0 radical (unpaired) electrons. The minimum absolute atomic E-state index is 0.0614. The third-order valence-electron chi connectivity index (χ3n) is 3.46. The van der Waals surface area contributed by atoms with Crippen LogP contribution in [0.15, 0.2) is 36.4 Å². The standard InChI is InChI=1S/C19H24FS/c1-18(2,3)16-11-13(12-17(21-16)19(4,5)6)14-9-7-8-10-15(14)20/h7-12H,1-6H3/q+1. The van der Waals surface area contributed by atoms with Gasteiger partial charge in [0.05, 0.1) is 0 Å². The number of benzene rings is 1. The average Bonchev–Trinajstić information content (AvgIpc) is 2.36. The van der Waals surface area contributed by atoms with Crippen molar-refractivity contribution in [1.29, 1.82) is 0 Å². The molecule has 0 N–H and O–H groups in total. The maximum atomic E-state index is 14.1. The summed E-state index contributed by atoms with van der Waals surface area (Å²) in [6.07, 6.45) is 0. The smallest absolute Gasteiger partial charge is 0.206 e. The zero-order valence-corrected chi connectivity index (χ0v) is 14.6. The largest absolute Gasteiger partial charge is 0.219 e. The Bertz CT molecular complexity index is 613. The zero-order valence-electron chi connectivity index (χ0n) is 13.8. The Labute approximate surface area is 131 Å². The Hall–Kier alpha value is -1.28. The fraction of sp³-hybridized carbons (Fsp3) is 0.421. The lowest BCUT2D eigenvalue weighted by Gasteiger charge is -2.16. The van der Waals surface area contributed by atoms with Crippen LogP contribution in [0.1, 0.15) is 51.3 Å². The van der Waals surface area contributed by atoms with E-state index in [1.807, 2.05) is 23.5 Å². The Morgan fingerprint density at radius 1 is 0.810 bits per heavy atom. The van der Waals surface area contributed by atoms with Gasteiger partial charge in [-0.2, -0.15) is 0 Å². The first-order valence-corrected chi connectivity index (χ1v) is 8.15. The van der Waals surface area contributed by atoms with E-state index in [1.54, 1.807) is 6.07 Å². The lowest BCUT2D eigenvalue weighted by molar-refractivity contribution is 0.593. The van der Waals surface area contributed by atoms with Gasteiger partial charge in [-0.05, 0) is 11.6 Å². The molecule has 0 atom stereocenters. The molecule has 2 aromatic rings. The van der Waals surface area contributed by atoms with Gasteiger partial charge >= 0.3 is 0 Å². The quantitative estimate of drug-likeness (QED) is 0.532. The summed E-state index contributed by atoms with van der Waals surface area (Å²) < 4.78 is 14.1. The van der Waals surface area contributed by atoms with E-state index in [4.69, 9.17) is 0 Å². The van der Waals surface area contributed by atoms with Gasteiger partial charge in [0.1, 0.15) is 5.82 Å². The number of halogens is 1. The van der Waals surface area contributed by atoms with E-state index in [0.717, 1.165) is 5.56 Å². The molecule has 0 nitrogen and oxygen atoms in total. The summed E-state index contributed by atoms with van der Waals surface area (Å²) in [5.74, 6) is -0.159. The molecule has 0 saturated heterocycles. The average molecular weight is 303 g/mol. The molecule has 0 spiro atoms. The molecule has 0 aliphatic carbocycles. The fourth-order valence-electron chi connectivity index (χ4n) is 2.09. The molecule has 0 amide bonds. The topological polar surface area (TPSA) is 0 Å². The molecular formula is C19H24FS+. The molecule has 0 aliphatic rings. The van der Waals surface area contributed by atoms with Crippen LogP contribution < -0.4 is 0 Å². The minimum atomic E-state index is -0.159. The maximum absolute atomic E-state index is 14.1. The van der Waals surface area contributed by atoms with Crippen LogP contribution in [0.3, 0.4) is 0 Å². The predicted octanol–water partition coefficient (Wildman–Crippen LogP) is 6.43. The van der Waals surface area contributed by atoms with Crippen molar-refractivity contribution in [2.24, 2.45) is 0 Å². The molecule has 0 unspecified atom stereocenters. The van der Waals surface area contributed by atoms with E-state index in [2.05, 4.69) is 53.7 Å². The second kappa shape index (κ2) is 5.49. The van der Waals surface area contributed by atoms with Crippen LogP contribution in [0.4, 0.5) is 4.39 Å². The SMILES string of the molecule is CC(C)(C)c1cc(-c2ccccc2F)cc(C(C)(C)C)[s+]1. The Kier molecular flexibility index (Phi) is 4.21. The van der Waals surface area contributed by atoms with Crippen molar-refractivity contribution < 1.29 is 4.39 Å². The highest BCUT2D eigenvalue weighted by molar-refractivity contribution is 7.12. The third-order valence-corrected chi connectivity index (χ3v) is 5.36. The second-order valence-corrected chi connectivity index (χ2v) is 8.64. The van der Waals surface area contributed by atoms with Crippen LogP contribution in [-0.2, 0) is 10.8 Å². The van der Waals surface area contributed by atoms with Crippen LogP contribution in [0.2, 0.25) is 0 Å². The molecule has 0 fully saturated rings. The zero-order chi connectivity index (χ0) is 15.8. The predicted molar refractivity (Wildman–Crippen MR) is 91.5 cm³/mol. The van der Waals surface area contributed by atoms with E-state index in [9.17, 15) is 4.39 Å². The molecule has 2 heteroatoms. The summed E-state index contributed by atoms with van der Waals surface area (Å²) in [5, 5.41) is 0. The Morgan fingerprint density at radius 2 is 1.29 bits per heavy atom. The lowest BCUT2D eigenvalue weighted by Crippen LogP contribution is -2.14. The van der Waals surface area contributed by atoms with E-state index in [0.29, 0.717) is 5.56 Å². The fourth-order valence-corrected chi connectivity index (χ4v) is 3.31. The molecular weight excluding hydrogens is 279 g/mol. The normalized spacial score (nSPS) is 12.5. The van der Waals surface area contributed by atoms with Gasteiger partial charge in [0, 0.05) is 28.5 Å². The van der Waals surface area contributed by atoms with Crippen LogP contribution >= 0.6 is 11.3 Å². The molecule has 2 rings (SSSR count). The number of rotatable bonds is 1. The van der Waals surface area contributed by atoms with Gasteiger partial charge in [-0.25, -0.2) is 4.39 Å². The van der Waals surface area contributed by atoms with Crippen LogP contribution in [0.25, 0.3) is 11.1 Å². The van der Waals surface area contributed by atoms with Gasteiger partial charge in [0.15, 0.2) is 0 Å². The summed E-state index contributed by atoms with van der Waals surface area (Å²) in [6, 6.07) is 11.3. The molecule has 0 aliphatic heterocycles. The molecule has 21 heavy (non-hydrogen) atoms. The van der Waals surface area contributed by atoms with Gasteiger partial charge in [0.25, 0.3) is 0 Å². The summed E-state index contributed by atoms with van der Waals surface area (Å²) in [6.45, 7) is 13.2. The summed E-state index contributed by atoms with van der Waals surface area (Å²) in [5.41, 5.74) is 1.78. The van der Waals surface area contributed by atoms with Crippen molar-refractivity contribution in [3.63, 3.8) is 0 Å².